The lowest BCUT2D eigenvalue weighted by atomic mass is 10.2. The van der Waals surface area contributed by atoms with Crippen LogP contribution in [0.5, 0.6) is 0 Å². The van der Waals surface area contributed by atoms with Gasteiger partial charge in [0.2, 0.25) is 11.7 Å². The Kier molecular flexibility index (Phi) is 4.95. The van der Waals surface area contributed by atoms with E-state index in [4.69, 9.17) is 16.1 Å². The molecule has 28 heavy (non-hydrogen) atoms. The van der Waals surface area contributed by atoms with Gasteiger partial charge in [-0.15, -0.1) is 0 Å². The number of halogens is 3. The van der Waals surface area contributed by atoms with Gasteiger partial charge in [0, 0.05) is 28.9 Å². The number of rotatable bonds is 3. The first-order chi connectivity index (χ1) is 13.5. The van der Waals surface area contributed by atoms with Crippen LogP contribution in [0, 0.1) is 11.6 Å². The Morgan fingerprint density at radius 2 is 1.96 bits per heavy atom. The van der Waals surface area contributed by atoms with Crippen LogP contribution in [-0.2, 0) is 0 Å². The van der Waals surface area contributed by atoms with Crippen LogP contribution in [0.15, 0.2) is 47.0 Å². The number of urea groups is 1. The van der Waals surface area contributed by atoms with E-state index in [2.05, 4.69) is 15.5 Å². The van der Waals surface area contributed by atoms with Crippen molar-refractivity contribution < 1.29 is 18.1 Å². The molecule has 3 aromatic rings. The molecule has 9 heteroatoms. The summed E-state index contributed by atoms with van der Waals surface area (Å²) in [4.78, 5) is 18.6. The van der Waals surface area contributed by atoms with Gasteiger partial charge in [0.25, 0.3) is 0 Å². The molecule has 0 aliphatic carbocycles. The zero-order valence-electron chi connectivity index (χ0n) is 14.5. The van der Waals surface area contributed by atoms with Crippen LogP contribution in [0.1, 0.15) is 24.8 Å². The lowest BCUT2D eigenvalue weighted by Crippen LogP contribution is -2.34. The molecule has 0 radical (unpaired) electrons. The molecule has 6 nitrogen and oxygen atoms in total. The van der Waals surface area contributed by atoms with Crippen molar-refractivity contribution in [3.05, 3.63) is 65.0 Å². The molecule has 1 aliphatic heterocycles. The molecule has 4 rings (SSSR count). The van der Waals surface area contributed by atoms with Gasteiger partial charge in [0.05, 0.1) is 0 Å². The molecule has 1 fully saturated rings. The lowest BCUT2D eigenvalue weighted by molar-refractivity contribution is 0.193. The molecular formula is C19H15ClF2N4O2. The number of hydrogen-bond acceptors (Lipinski definition) is 4. The van der Waals surface area contributed by atoms with Crippen molar-refractivity contribution >= 4 is 23.3 Å². The highest BCUT2D eigenvalue weighted by Crippen LogP contribution is 2.32. The highest BCUT2D eigenvalue weighted by atomic mass is 35.5. The van der Waals surface area contributed by atoms with Crippen LogP contribution in [0.2, 0.25) is 5.02 Å². The average Bonchev–Trinajstić information content (AvgIpc) is 3.34. The minimum absolute atomic E-state index is 0.168. The third-order valence-electron chi connectivity index (χ3n) is 4.51. The summed E-state index contributed by atoms with van der Waals surface area (Å²) in [7, 11) is 0. The van der Waals surface area contributed by atoms with Crippen LogP contribution in [0.4, 0.5) is 19.3 Å². The molecule has 144 valence electrons. The third kappa shape index (κ3) is 3.68. The van der Waals surface area contributed by atoms with Crippen molar-refractivity contribution in [3.63, 3.8) is 0 Å². The summed E-state index contributed by atoms with van der Waals surface area (Å²) in [6.45, 7) is 0.485. The Balaban J connectivity index is 1.51. The van der Waals surface area contributed by atoms with Crippen molar-refractivity contribution in [3.8, 4) is 11.4 Å². The van der Waals surface area contributed by atoms with Gasteiger partial charge in [-0.25, -0.2) is 13.6 Å². The minimum atomic E-state index is -1.03. The topological polar surface area (TPSA) is 71.3 Å². The van der Waals surface area contributed by atoms with Gasteiger partial charge in [-0.1, -0.05) is 16.8 Å². The molecule has 2 aromatic carbocycles. The summed E-state index contributed by atoms with van der Waals surface area (Å²) in [5.74, 6) is -1.28. The van der Waals surface area contributed by atoms with Gasteiger partial charge in [-0.05, 0) is 49.2 Å². The van der Waals surface area contributed by atoms with E-state index in [0.29, 0.717) is 29.7 Å². The number of aromatic nitrogens is 2. The number of nitrogens with one attached hydrogen (secondary N) is 1. The number of likely N-dealkylation sites (tertiary alicyclic amines) is 1. The van der Waals surface area contributed by atoms with E-state index >= 15 is 0 Å². The van der Waals surface area contributed by atoms with Gasteiger partial charge in [-0.3, -0.25) is 0 Å². The molecule has 2 heterocycles. The summed E-state index contributed by atoms with van der Waals surface area (Å²) in [5, 5.41) is 7.15. The Morgan fingerprint density at radius 3 is 2.71 bits per heavy atom. The van der Waals surface area contributed by atoms with E-state index in [-0.39, 0.29) is 11.7 Å². The third-order valence-corrected chi connectivity index (χ3v) is 4.77. The normalized spacial score (nSPS) is 16.4. The highest BCUT2D eigenvalue weighted by molar-refractivity contribution is 6.30. The number of carbonyl (C=O) groups excluding carboxylic acids is 1. The maximum Gasteiger partial charge on any atom is 0.322 e. The maximum absolute atomic E-state index is 13.4. The van der Waals surface area contributed by atoms with Crippen molar-refractivity contribution in [1.29, 1.82) is 0 Å². The van der Waals surface area contributed by atoms with Gasteiger partial charge >= 0.3 is 6.03 Å². The van der Waals surface area contributed by atoms with E-state index in [0.717, 1.165) is 24.1 Å². The summed E-state index contributed by atoms with van der Waals surface area (Å²) in [6, 6.07) is 9.37. The lowest BCUT2D eigenvalue weighted by Gasteiger charge is -2.22. The molecule has 1 atom stereocenters. The Morgan fingerprint density at radius 1 is 1.18 bits per heavy atom. The molecule has 0 unspecified atom stereocenters. The number of benzene rings is 2. The zero-order valence-corrected chi connectivity index (χ0v) is 15.3. The van der Waals surface area contributed by atoms with E-state index in [9.17, 15) is 13.6 Å². The molecule has 0 bridgehead atoms. The second-order valence-electron chi connectivity index (χ2n) is 6.37. The standard InChI is InChI=1S/C19H15ClF2N4O2/c20-12-5-3-11(4-6-12)17-24-18(28-25-17)16-2-1-9-26(16)19(27)23-13-7-8-14(21)15(22)10-13/h3-8,10,16H,1-2,9H2,(H,23,27)/t16-/m1/s1. The van der Waals surface area contributed by atoms with E-state index in [1.54, 1.807) is 29.2 Å². The first-order valence-corrected chi connectivity index (χ1v) is 9.01. The second kappa shape index (κ2) is 7.55. The average molecular weight is 405 g/mol. The number of hydrogen-bond donors (Lipinski definition) is 1. The van der Waals surface area contributed by atoms with Crippen molar-refractivity contribution in [2.24, 2.45) is 0 Å². The summed E-state index contributed by atoms with van der Waals surface area (Å²) >= 11 is 5.89. The fraction of sp³-hybridized carbons (Fsp3) is 0.211. The van der Waals surface area contributed by atoms with Crippen LogP contribution in [-0.4, -0.2) is 27.6 Å². The van der Waals surface area contributed by atoms with Gasteiger partial charge in [0.1, 0.15) is 6.04 Å². The zero-order chi connectivity index (χ0) is 19.7. The fourth-order valence-electron chi connectivity index (χ4n) is 3.12. The Bertz CT molecular complexity index is 1010. The summed E-state index contributed by atoms with van der Waals surface area (Å²) < 4.78 is 31.8. The molecule has 0 spiro atoms. The monoisotopic (exact) mass is 404 g/mol. The van der Waals surface area contributed by atoms with Crippen LogP contribution in [0.3, 0.4) is 0 Å². The number of carbonyl (C=O) groups is 1. The maximum atomic E-state index is 13.4. The molecule has 0 saturated carbocycles. The quantitative estimate of drug-likeness (QED) is 0.664. The highest BCUT2D eigenvalue weighted by Gasteiger charge is 2.34. The Hall–Kier alpha value is -3.00. The summed E-state index contributed by atoms with van der Waals surface area (Å²) in [6.07, 6.45) is 1.42. The van der Waals surface area contributed by atoms with Gasteiger partial charge in [-0.2, -0.15) is 4.98 Å². The molecular weight excluding hydrogens is 390 g/mol. The molecule has 2 amide bonds. The first-order valence-electron chi connectivity index (χ1n) is 8.63. The summed E-state index contributed by atoms with van der Waals surface area (Å²) in [5.41, 5.74) is 0.914. The number of amides is 2. The van der Waals surface area contributed by atoms with Gasteiger partial charge < -0.3 is 14.7 Å². The van der Waals surface area contributed by atoms with Crippen LogP contribution in [0.25, 0.3) is 11.4 Å². The molecule has 1 saturated heterocycles. The van der Waals surface area contributed by atoms with Crippen molar-refractivity contribution in [2.75, 3.05) is 11.9 Å². The van der Waals surface area contributed by atoms with E-state index in [1.807, 2.05) is 0 Å². The SMILES string of the molecule is O=C(Nc1ccc(F)c(F)c1)N1CCC[C@@H]1c1nc(-c2ccc(Cl)cc2)no1. The van der Waals surface area contributed by atoms with Crippen LogP contribution >= 0.6 is 11.6 Å². The van der Waals surface area contributed by atoms with Crippen LogP contribution < -0.4 is 5.32 Å². The van der Waals surface area contributed by atoms with Crippen molar-refractivity contribution in [1.82, 2.24) is 15.0 Å². The number of anilines is 1. The van der Waals surface area contributed by atoms with Crippen molar-refractivity contribution in [2.45, 2.75) is 18.9 Å². The molecule has 1 aromatic heterocycles. The first kappa shape index (κ1) is 18.4. The predicted molar refractivity (Wildman–Crippen MR) is 98.8 cm³/mol. The smallest absolute Gasteiger partial charge is 0.322 e. The molecule has 1 aliphatic rings. The second-order valence-corrected chi connectivity index (χ2v) is 6.81. The predicted octanol–water partition coefficient (Wildman–Crippen LogP) is 5.04. The molecule has 1 N–H and O–H groups in total. The number of nitrogens with zero attached hydrogens (tertiary/aromatic N) is 3. The minimum Gasteiger partial charge on any atom is -0.337 e. The van der Waals surface area contributed by atoms with Gasteiger partial charge in [0.15, 0.2) is 11.6 Å². The largest absolute Gasteiger partial charge is 0.337 e. The fourth-order valence-corrected chi connectivity index (χ4v) is 3.25. The Labute approximate surface area is 164 Å². The van der Waals surface area contributed by atoms with E-state index in [1.165, 1.54) is 6.07 Å². The van der Waals surface area contributed by atoms with E-state index < -0.39 is 17.7 Å².